The van der Waals surface area contributed by atoms with Gasteiger partial charge in [-0.1, -0.05) is 0 Å². The quantitative estimate of drug-likeness (QED) is 0.623. The minimum Gasteiger partial charge on any atom is -0.393 e. The summed E-state index contributed by atoms with van der Waals surface area (Å²) in [6.45, 7) is 2.34. The van der Waals surface area contributed by atoms with Gasteiger partial charge < -0.3 is 15.4 Å². The zero-order valence-electron chi connectivity index (χ0n) is 8.30. The number of aliphatic hydroxyl groups is 1. The Morgan fingerprint density at radius 2 is 2.21 bits per heavy atom. The van der Waals surface area contributed by atoms with E-state index in [1.807, 2.05) is 0 Å². The highest BCUT2D eigenvalue weighted by atomic mass is 31.1. The number of aliphatic hydroxyl groups excluding tert-OH is 1. The average molecular weight is 229 g/mol. The van der Waals surface area contributed by atoms with Crippen molar-refractivity contribution < 1.29 is 18.4 Å². The van der Waals surface area contributed by atoms with Crippen LogP contribution in [0.4, 0.5) is 8.78 Å². The van der Waals surface area contributed by atoms with E-state index in [9.17, 15) is 13.9 Å². The lowest BCUT2D eigenvalue weighted by Gasteiger charge is -2.19. The Kier molecular flexibility index (Phi) is 7.55. The molecule has 0 aliphatic rings. The summed E-state index contributed by atoms with van der Waals surface area (Å²) in [6.07, 6.45) is -0.634. The van der Waals surface area contributed by atoms with Crippen LogP contribution in [0.5, 0.6) is 0 Å². The van der Waals surface area contributed by atoms with Crippen molar-refractivity contribution in [3.63, 3.8) is 0 Å². The Morgan fingerprint density at radius 1 is 1.57 bits per heavy atom. The summed E-state index contributed by atoms with van der Waals surface area (Å²) in [5.41, 5.74) is 2.29. The number of hydrogen-bond acceptors (Lipinski definition) is 3. The summed E-state index contributed by atoms with van der Waals surface area (Å²) < 4.78 is 30.6. The lowest BCUT2D eigenvalue weighted by Crippen LogP contribution is -2.20. The van der Waals surface area contributed by atoms with Gasteiger partial charge in [0, 0.05) is 13.0 Å². The predicted molar refractivity (Wildman–Crippen MR) is 53.8 cm³/mol. The molecule has 14 heavy (non-hydrogen) atoms. The third kappa shape index (κ3) is 7.56. The molecule has 0 aromatic heterocycles. The molecule has 0 fully saturated rings. The average Bonchev–Trinajstić information content (AvgIpc) is 2.11. The monoisotopic (exact) mass is 229 g/mol. The lowest BCUT2D eigenvalue weighted by atomic mass is 10.1. The molecule has 0 radical (unpaired) electrons. The summed E-state index contributed by atoms with van der Waals surface area (Å²) in [4.78, 5) is 0. The van der Waals surface area contributed by atoms with Gasteiger partial charge in [-0.3, -0.25) is 0 Å². The first-order valence-corrected chi connectivity index (χ1v) is 5.57. The fourth-order valence-corrected chi connectivity index (χ4v) is 1.65. The Morgan fingerprint density at radius 3 is 2.71 bits per heavy atom. The summed E-state index contributed by atoms with van der Waals surface area (Å²) in [7, 11) is -0.868. The van der Waals surface area contributed by atoms with Crippen LogP contribution < -0.4 is 5.73 Å². The molecule has 1 unspecified atom stereocenters. The van der Waals surface area contributed by atoms with E-state index < -0.39 is 27.0 Å². The van der Waals surface area contributed by atoms with Gasteiger partial charge in [-0.2, -0.15) is 8.78 Å². The minimum atomic E-state index is -2.91. The van der Waals surface area contributed by atoms with Crippen molar-refractivity contribution in [1.82, 2.24) is 0 Å². The molecule has 0 spiro atoms. The van der Waals surface area contributed by atoms with Gasteiger partial charge in [0.15, 0.2) is 0 Å². The third-order valence-electron chi connectivity index (χ3n) is 1.60. The van der Waals surface area contributed by atoms with E-state index in [4.69, 9.17) is 5.73 Å². The molecule has 0 aromatic rings. The molecule has 0 saturated carbocycles. The Labute approximate surface area is 84.9 Å². The van der Waals surface area contributed by atoms with Crippen molar-refractivity contribution in [2.45, 2.75) is 38.0 Å². The van der Waals surface area contributed by atoms with Crippen molar-refractivity contribution in [2.24, 2.45) is 5.73 Å². The molecule has 0 aromatic carbocycles. The van der Waals surface area contributed by atoms with Crippen LogP contribution in [0, 0.1) is 0 Å². The molecule has 0 amide bonds. The number of halogens is 2. The van der Waals surface area contributed by atoms with Crippen LogP contribution in [0.2, 0.25) is 0 Å². The summed E-state index contributed by atoms with van der Waals surface area (Å²) in [6, 6.07) is 0. The van der Waals surface area contributed by atoms with E-state index in [1.54, 1.807) is 6.92 Å². The molecule has 6 heteroatoms. The SMILES string of the molecule is CCOPC(F)(F)C[C@@H](O)CCCN. The van der Waals surface area contributed by atoms with Gasteiger partial charge in [-0.05, 0) is 26.3 Å². The van der Waals surface area contributed by atoms with Crippen molar-refractivity contribution in [3.8, 4) is 0 Å². The maximum Gasteiger partial charge on any atom is 0.288 e. The van der Waals surface area contributed by atoms with Crippen LogP contribution in [0.15, 0.2) is 0 Å². The number of rotatable bonds is 8. The number of nitrogens with two attached hydrogens (primary N) is 1. The van der Waals surface area contributed by atoms with Gasteiger partial charge in [0.2, 0.25) is 0 Å². The summed E-state index contributed by atoms with van der Waals surface area (Å²) in [5.74, 6) is 0. The Balaban J connectivity index is 3.70. The molecule has 0 heterocycles. The van der Waals surface area contributed by atoms with Crippen molar-refractivity contribution in [3.05, 3.63) is 0 Å². The van der Waals surface area contributed by atoms with Gasteiger partial charge in [-0.15, -0.1) is 0 Å². The zero-order chi connectivity index (χ0) is 11.0. The highest BCUT2D eigenvalue weighted by molar-refractivity contribution is 7.33. The number of alkyl halides is 2. The maximum atomic E-state index is 13.0. The molecule has 2 atom stereocenters. The molecule has 0 aliphatic carbocycles. The van der Waals surface area contributed by atoms with Crippen LogP contribution in [-0.2, 0) is 4.52 Å². The van der Waals surface area contributed by atoms with Gasteiger partial charge in [0.1, 0.15) is 0 Å². The third-order valence-corrected chi connectivity index (χ3v) is 2.54. The van der Waals surface area contributed by atoms with Crippen LogP contribution in [-0.4, -0.2) is 30.0 Å². The number of hydrogen-bond donors (Lipinski definition) is 2. The van der Waals surface area contributed by atoms with E-state index in [0.717, 1.165) is 0 Å². The topological polar surface area (TPSA) is 55.5 Å². The zero-order valence-corrected chi connectivity index (χ0v) is 9.30. The predicted octanol–water partition coefficient (Wildman–Crippen LogP) is 1.70. The summed E-state index contributed by atoms with van der Waals surface area (Å²) >= 11 is 0. The second-order valence-corrected chi connectivity index (χ2v) is 4.25. The molecule has 3 nitrogen and oxygen atoms in total. The fraction of sp³-hybridized carbons (Fsp3) is 1.00. The largest absolute Gasteiger partial charge is 0.393 e. The van der Waals surface area contributed by atoms with E-state index in [-0.39, 0.29) is 6.61 Å². The highest BCUT2D eigenvalue weighted by Gasteiger charge is 2.32. The Bertz CT molecular complexity index is 149. The summed E-state index contributed by atoms with van der Waals surface area (Å²) in [5, 5.41) is 9.23. The molecule has 86 valence electrons. The standard InChI is InChI=1S/C8H18F2NO2P/c1-2-13-14-8(9,10)6-7(12)4-3-5-11/h7,12,14H,2-6,11H2,1H3/t7-/m0/s1. The highest BCUT2D eigenvalue weighted by Crippen LogP contribution is 2.40. The Hall–Kier alpha value is 0.170. The second kappa shape index (κ2) is 7.46. The molecular weight excluding hydrogens is 211 g/mol. The van der Waals surface area contributed by atoms with Crippen molar-refractivity contribution in [2.75, 3.05) is 13.2 Å². The second-order valence-electron chi connectivity index (χ2n) is 3.03. The maximum absolute atomic E-state index is 13.0. The molecule has 0 aliphatic heterocycles. The molecular formula is C8H18F2NO2P. The first kappa shape index (κ1) is 14.2. The van der Waals surface area contributed by atoms with Crippen LogP contribution >= 0.6 is 8.81 Å². The van der Waals surface area contributed by atoms with Gasteiger partial charge >= 0.3 is 0 Å². The first-order valence-electron chi connectivity index (χ1n) is 4.66. The van der Waals surface area contributed by atoms with Crippen LogP contribution in [0.1, 0.15) is 26.2 Å². The van der Waals surface area contributed by atoms with E-state index in [2.05, 4.69) is 4.52 Å². The van der Waals surface area contributed by atoms with E-state index in [0.29, 0.717) is 19.4 Å². The van der Waals surface area contributed by atoms with Crippen LogP contribution in [0.3, 0.4) is 0 Å². The van der Waals surface area contributed by atoms with Crippen molar-refractivity contribution >= 4 is 8.81 Å². The van der Waals surface area contributed by atoms with E-state index in [1.165, 1.54) is 0 Å². The van der Waals surface area contributed by atoms with Crippen molar-refractivity contribution in [1.29, 1.82) is 0 Å². The normalized spacial score (nSPS) is 15.2. The lowest BCUT2D eigenvalue weighted by molar-refractivity contribution is 0.0203. The minimum absolute atomic E-state index is 0.271. The smallest absolute Gasteiger partial charge is 0.288 e. The van der Waals surface area contributed by atoms with Gasteiger partial charge in [-0.25, -0.2) is 0 Å². The van der Waals surface area contributed by atoms with Gasteiger partial charge in [0.05, 0.1) is 14.9 Å². The van der Waals surface area contributed by atoms with E-state index >= 15 is 0 Å². The molecule has 0 bridgehead atoms. The molecule has 0 saturated heterocycles. The fourth-order valence-electron chi connectivity index (χ4n) is 0.971. The molecule has 0 rings (SSSR count). The van der Waals surface area contributed by atoms with Crippen LogP contribution in [0.25, 0.3) is 0 Å². The first-order chi connectivity index (χ1) is 6.52. The molecule has 3 N–H and O–H groups in total. The van der Waals surface area contributed by atoms with Gasteiger partial charge in [0.25, 0.3) is 5.66 Å².